The Morgan fingerprint density at radius 2 is 2.10 bits per heavy atom. The van der Waals surface area contributed by atoms with Crippen LogP contribution < -0.4 is 16.3 Å². The molecule has 1 aromatic heterocycles. The van der Waals surface area contributed by atoms with Crippen molar-refractivity contribution >= 4 is 24.2 Å². The first-order valence-electron chi connectivity index (χ1n) is 8.83. The smallest absolute Gasteiger partial charge is 0.423 e. The van der Waals surface area contributed by atoms with Crippen molar-refractivity contribution in [2.45, 2.75) is 19.0 Å². The number of hydroxylamine groups is 1. The summed E-state index contributed by atoms with van der Waals surface area (Å²) in [6.07, 6.45) is 0.616. The Labute approximate surface area is 165 Å². The van der Waals surface area contributed by atoms with E-state index in [-0.39, 0.29) is 35.8 Å². The lowest BCUT2D eigenvalue weighted by molar-refractivity contribution is 0.232. The van der Waals surface area contributed by atoms with Gasteiger partial charge in [0, 0.05) is 6.54 Å². The van der Waals surface area contributed by atoms with Gasteiger partial charge in [0.2, 0.25) is 5.82 Å². The maximum atomic E-state index is 13.5. The average Bonchev–Trinajstić information content (AvgIpc) is 3.17. The van der Waals surface area contributed by atoms with E-state index in [1.807, 2.05) is 5.48 Å². The van der Waals surface area contributed by atoms with E-state index in [4.69, 9.17) is 4.63 Å². The van der Waals surface area contributed by atoms with Crippen LogP contribution in [0.25, 0.3) is 0 Å². The summed E-state index contributed by atoms with van der Waals surface area (Å²) in [6, 6.07) is 10.9. The van der Waals surface area contributed by atoms with Crippen molar-refractivity contribution in [2.75, 3.05) is 5.32 Å². The van der Waals surface area contributed by atoms with Gasteiger partial charge in [-0.3, -0.25) is 15.7 Å². The standard InChI is InChI=1S/C18H17BFN5O4/c20-13-5-4-11-7-15(14(11)8-13)22-18(23-28)16-17(25-29-24-16)21-9-10-2-1-3-12(6-10)19(26)27/h1-6,8,15,26-28H,7,9H2,(H,21,25)(H,22,23)/t15-/m0/s1. The Hall–Kier alpha value is -3.28. The highest BCUT2D eigenvalue weighted by atomic mass is 19.1. The Morgan fingerprint density at radius 3 is 2.90 bits per heavy atom. The van der Waals surface area contributed by atoms with Crippen LogP contribution in [0.4, 0.5) is 10.2 Å². The number of aromatic nitrogens is 2. The maximum absolute atomic E-state index is 13.5. The zero-order valence-electron chi connectivity index (χ0n) is 15.1. The van der Waals surface area contributed by atoms with Gasteiger partial charge in [0.05, 0.1) is 6.04 Å². The van der Waals surface area contributed by atoms with E-state index < -0.39 is 7.12 Å². The molecule has 1 aliphatic carbocycles. The minimum Gasteiger partial charge on any atom is -0.423 e. The number of halogens is 1. The second-order valence-electron chi connectivity index (χ2n) is 6.59. The first kappa shape index (κ1) is 19.1. The largest absolute Gasteiger partial charge is 0.488 e. The Bertz CT molecular complexity index is 1060. The molecule has 0 spiro atoms. The minimum atomic E-state index is -1.56. The zero-order valence-corrected chi connectivity index (χ0v) is 15.1. The summed E-state index contributed by atoms with van der Waals surface area (Å²) in [6.45, 7) is 0.290. The molecule has 1 heterocycles. The quantitative estimate of drug-likeness (QED) is 0.176. The molecule has 0 bridgehead atoms. The van der Waals surface area contributed by atoms with E-state index in [2.05, 4.69) is 20.6 Å². The topological polar surface area (TPSA) is 136 Å². The fraction of sp³-hybridized carbons (Fsp3) is 0.167. The molecule has 5 N–H and O–H groups in total. The Morgan fingerprint density at radius 1 is 1.24 bits per heavy atom. The fourth-order valence-electron chi connectivity index (χ4n) is 3.17. The van der Waals surface area contributed by atoms with Crippen molar-refractivity contribution in [3.8, 4) is 0 Å². The molecule has 9 nitrogen and oxygen atoms in total. The van der Waals surface area contributed by atoms with Gasteiger partial charge in [-0.1, -0.05) is 30.3 Å². The molecule has 0 aliphatic heterocycles. The Balaban J connectivity index is 1.51. The van der Waals surface area contributed by atoms with Gasteiger partial charge in [-0.2, -0.15) is 0 Å². The molecule has 0 amide bonds. The van der Waals surface area contributed by atoms with Crippen LogP contribution in [0.2, 0.25) is 0 Å². The van der Waals surface area contributed by atoms with Gasteiger partial charge in [-0.25, -0.2) is 9.02 Å². The van der Waals surface area contributed by atoms with E-state index >= 15 is 0 Å². The van der Waals surface area contributed by atoms with Crippen LogP contribution in [-0.4, -0.2) is 38.5 Å². The molecule has 148 valence electrons. The lowest BCUT2D eigenvalue weighted by atomic mass is 9.80. The van der Waals surface area contributed by atoms with Crippen molar-refractivity contribution in [1.82, 2.24) is 15.8 Å². The summed E-state index contributed by atoms with van der Waals surface area (Å²) >= 11 is 0. The van der Waals surface area contributed by atoms with Gasteiger partial charge in [0.1, 0.15) is 5.82 Å². The summed E-state index contributed by atoms with van der Waals surface area (Å²) in [5.41, 5.74) is 5.04. The molecule has 0 radical (unpaired) electrons. The lowest BCUT2D eigenvalue weighted by Crippen LogP contribution is -2.30. The molecule has 29 heavy (non-hydrogen) atoms. The number of fused-ring (bicyclic) bond motifs is 1. The normalized spacial score (nSPS) is 15.4. The van der Waals surface area contributed by atoms with Crippen LogP contribution in [0.3, 0.4) is 0 Å². The number of rotatable bonds is 6. The van der Waals surface area contributed by atoms with E-state index in [1.54, 1.807) is 30.3 Å². The molecule has 0 fully saturated rings. The first-order chi connectivity index (χ1) is 14.0. The van der Waals surface area contributed by atoms with E-state index in [0.29, 0.717) is 11.9 Å². The predicted octanol–water partition coefficient (Wildman–Crippen LogP) is 0.523. The second kappa shape index (κ2) is 7.99. The highest BCUT2D eigenvalue weighted by Gasteiger charge is 2.28. The van der Waals surface area contributed by atoms with Crippen molar-refractivity contribution in [3.63, 3.8) is 0 Å². The summed E-state index contributed by atoms with van der Waals surface area (Å²) in [4.78, 5) is 4.40. The third kappa shape index (κ3) is 3.97. The monoisotopic (exact) mass is 397 g/mol. The number of nitrogens with one attached hydrogen (secondary N) is 2. The van der Waals surface area contributed by atoms with Crippen molar-refractivity contribution in [1.29, 1.82) is 0 Å². The van der Waals surface area contributed by atoms with Crippen LogP contribution in [0.1, 0.15) is 28.4 Å². The van der Waals surface area contributed by atoms with E-state index in [0.717, 1.165) is 16.7 Å². The molecule has 11 heteroatoms. The van der Waals surface area contributed by atoms with Gasteiger partial charge in [0.25, 0.3) is 0 Å². The number of amidine groups is 1. The third-order valence-electron chi connectivity index (χ3n) is 4.69. The summed E-state index contributed by atoms with van der Waals surface area (Å²) in [5.74, 6) is -0.0740. The first-order valence-corrected chi connectivity index (χ1v) is 8.83. The average molecular weight is 397 g/mol. The molecule has 0 saturated heterocycles. The van der Waals surface area contributed by atoms with Crippen LogP contribution in [0.15, 0.2) is 52.1 Å². The molecular formula is C18H17BFN5O4. The second-order valence-corrected chi connectivity index (χ2v) is 6.59. The number of hydrogen-bond donors (Lipinski definition) is 5. The molecule has 2 aromatic carbocycles. The highest BCUT2D eigenvalue weighted by Crippen LogP contribution is 2.36. The summed E-state index contributed by atoms with van der Waals surface area (Å²) < 4.78 is 18.2. The lowest BCUT2D eigenvalue weighted by Gasteiger charge is -2.27. The van der Waals surface area contributed by atoms with E-state index in [1.165, 1.54) is 12.1 Å². The molecule has 3 aromatic rings. The molecular weight excluding hydrogens is 380 g/mol. The highest BCUT2D eigenvalue weighted by molar-refractivity contribution is 6.58. The molecule has 0 saturated carbocycles. The van der Waals surface area contributed by atoms with Crippen molar-refractivity contribution < 1.29 is 24.3 Å². The number of hydrogen-bond acceptors (Lipinski definition) is 8. The van der Waals surface area contributed by atoms with Crippen LogP contribution in [0, 0.1) is 5.82 Å². The molecule has 4 rings (SSSR count). The summed E-state index contributed by atoms with van der Waals surface area (Å²) in [5, 5.41) is 38.6. The molecule has 1 aliphatic rings. The van der Waals surface area contributed by atoms with Gasteiger partial charge in [0.15, 0.2) is 11.5 Å². The van der Waals surface area contributed by atoms with Crippen molar-refractivity contribution in [3.05, 3.63) is 70.7 Å². The number of anilines is 1. The zero-order chi connectivity index (χ0) is 20.4. The van der Waals surface area contributed by atoms with E-state index in [9.17, 15) is 19.6 Å². The van der Waals surface area contributed by atoms with Crippen molar-refractivity contribution in [2.24, 2.45) is 4.99 Å². The van der Waals surface area contributed by atoms with Gasteiger partial charge in [-0.15, -0.1) is 0 Å². The number of benzene rings is 2. The van der Waals surface area contributed by atoms with Gasteiger partial charge < -0.3 is 15.4 Å². The van der Waals surface area contributed by atoms with Gasteiger partial charge >= 0.3 is 7.12 Å². The van der Waals surface area contributed by atoms with Gasteiger partial charge in [-0.05, 0) is 51.0 Å². The molecule has 1 atom stereocenters. The van der Waals surface area contributed by atoms with Crippen LogP contribution in [-0.2, 0) is 13.0 Å². The SMILES string of the molecule is ONC(=N[C@H]1Cc2ccc(F)cc21)c1nonc1NCc1cccc(B(O)O)c1. The Kier molecular flexibility index (Phi) is 5.25. The van der Waals surface area contributed by atoms with Crippen LogP contribution >= 0.6 is 0 Å². The summed E-state index contributed by atoms with van der Waals surface area (Å²) in [7, 11) is -1.56. The number of aliphatic imine (C=N–C) groups is 1. The predicted molar refractivity (Wildman–Crippen MR) is 102 cm³/mol. The third-order valence-corrected chi connectivity index (χ3v) is 4.69. The number of nitrogens with zero attached hydrogens (tertiary/aromatic N) is 3. The maximum Gasteiger partial charge on any atom is 0.488 e. The molecule has 0 unspecified atom stereocenters. The van der Waals surface area contributed by atoms with Crippen LogP contribution in [0.5, 0.6) is 0 Å². The fourth-order valence-corrected chi connectivity index (χ4v) is 3.17. The minimum absolute atomic E-state index is 0.0354.